The van der Waals surface area contributed by atoms with Crippen LogP contribution in [-0.4, -0.2) is 30.9 Å². The summed E-state index contributed by atoms with van der Waals surface area (Å²) in [6.45, 7) is -3.06. The zero-order chi connectivity index (χ0) is 18.1. The van der Waals surface area contributed by atoms with E-state index in [0.29, 0.717) is 5.56 Å². The maximum absolute atomic E-state index is 12.7. The van der Waals surface area contributed by atoms with Gasteiger partial charge >= 0.3 is 6.80 Å². The third-order valence-corrected chi connectivity index (χ3v) is 5.35. The molecule has 2 aromatic carbocycles. The van der Waals surface area contributed by atoms with Crippen molar-refractivity contribution in [3.05, 3.63) is 47.5 Å². The maximum atomic E-state index is 12.7. The summed E-state index contributed by atoms with van der Waals surface area (Å²) in [6, 6.07) is 7.91. The number of carbonyl (C=O) groups excluding carboxylic acids is 1. The molecule has 1 unspecified atom stereocenters. The molecule has 0 aliphatic carbocycles. The normalized spacial score (nSPS) is 12.8. The van der Waals surface area contributed by atoms with Gasteiger partial charge in [-0.15, -0.1) is 0 Å². The summed E-state index contributed by atoms with van der Waals surface area (Å²) in [5.74, 6) is -2.43. The van der Waals surface area contributed by atoms with Gasteiger partial charge in [-0.3, -0.25) is 4.79 Å². The van der Waals surface area contributed by atoms with E-state index in [1.54, 1.807) is 12.1 Å². The third kappa shape index (κ3) is 4.30. The molecular weight excluding hydrogens is 355 g/mol. The number of aromatic hydroxyl groups is 3. The van der Waals surface area contributed by atoms with Crippen LogP contribution in [0.2, 0.25) is 0 Å². The van der Waals surface area contributed by atoms with Gasteiger partial charge in [0.15, 0.2) is 5.78 Å². The molecule has 0 spiro atoms. The average Bonchev–Trinajstić information content (AvgIpc) is 2.43. The molecule has 128 valence electrons. The first-order valence-electron chi connectivity index (χ1n) is 6.72. The van der Waals surface area contributed by atoms with E-state index < -0.39 is 30.0 Å². The van der Waals surface area contributed by atoms with Crippen LogP contribution in [0.1, 0.15) is 28.8 Å². The zero-order valence-electron chi connectivity index (χ0n) is 12.4. The van der Waals surface area contributed by atoms with E-state index in [1.165, 1.54) is 19.1 Å². The molecule has 9 heteroatoms. The summed E-state index contributed by atoms with van der Waals surface area (Å²) in [6.07, 6.45) is 0. The Hall–Kier alpha value is -1.99. The highest BCUT2D eigenvalue weighted by Crippen LogP contribution is 2.57. The van der Waals surface area contributed by atoms with Crippen LogP contribution in [0.15, 0.2) is 41.3 Å². The van der Waals surface area contributed by atoms with Crippen LogP contribution in [0, 0.1) is 0 Å². The highest BCUT2D eigenvalue weighted by Gasteiger charge is 2.28. The number of ketones is 1. The van der Waals surface area contributed by atoms with E-state index in [1.807, 2.05) is 0 Å². The molecule has 7 nitrogen and oxygen atoms in total. The van der Waals surface area contributed by atoms with Crippen LogP contribution in [0.25, 0.3) is 0 Å². The van der Waals surface area contributed by atoms with Crippen molar-refractivity contribution in [2.75, 3.05) is 0 Å². The number of hydrogen-bond donors (Lipinski definition) is 5. The summed E-state index contributed by atoms with van der Waals surface area (Å²) in [7, 11) is 0. The van der Waals surface area contributed by atoms with Crippen molar-refractivity contribution in [3.63, 3.8) is 0 Å². The highest BCUT2D eigenvalue weighted by molar-refractivity contribution is 8.54. The molecule has 0 bridgehead atoms. The van der Waals surface area contributed by atoms with Crippen LogP contribution in [-0.2, 0) is 4.57 Å². The number of phenols is 3. The Bertz CT molecular complexity index is 831. The smallest absolute Gasteiger partial charge is 0.388 e. The molecule has 0 aliphatic heterocycles. The number of rotatable bonds is 5. The summed E-state index contributed by atoms with van der Waals surface area (Å²) < 4.78 is 11.2. The highest BCUT2D eigenvalue weighted by atomic mass is 32.7. The van der Waals surface area contributed by atoms with Gasteiger partial charge in [-0.25, -0.2) is 4.57 Å². The third-order valence-electron chi connectivity index (χ3n) is 3.29. The summed E-state index contributed by atoms with van der Waals surface area (Å²) in [5, 5.41) is 29.0. The van der Waals surface area contributed by atoms with E-state index >= 15 is 0 Å². The summed E-state index contributed by atoms with van der Waals surface area (Å²) in [5.41, 5.74) is 0.177. The average molecular weight is 370 g/mol. The first-order chi connectivity index (χ1) is 11.1. The standard InChI is InChI=1S/C15H15O7PS/c1-8(9-3-2-4-10(16)5-9)15(19)14-12(18)6-11(17)7-13(14)24-23(20,21)22/h2-8,16-18H,1H3,(H2,20,21,22). The molecule has 0 aliphatic rings. The van der Waals surface area contributed by atoms with Crippen LogP contribution < -0.4 is 0 Å². The Morgan fingerprint density at radius 3 is 2.33 bits per heavy atom. The number of Topliss-reactive ketones (excluding diaryl/α,β-unsaturated/α-hetero) is 1. The van der Waals surface area contributed by atoms with Gasteiger partial charge < -0.3 is 25.1 Å². The van der Waals surface area contributed by atoms with Crippen LogP contribution in [0.5, 0.6) is 17.2 Å². The van der Waals surface area contributed by atoms with E-state index in [9.17, 15) is 24.7 Å². The van der Waals surface area contributed by atoms with E-state index in [-0.39, 0.29) is 27.6 Å². The molecule has 0 aromatic heterocycles. The lowest BCUT2D eigenvalue weighted by Crippen LogP contribution is -2.11. The van der Waals surface area contributed by atoms with Crippen LogP contribution in [0.4, 0.5) is 0 Å². The molecule has 0 saturated heterocycles. The summed E-state index contributed by atoms with van der Waals surface area (Å²) in [4.78, 5) is 30.7. The maximum Gasteiger partial charge on any atom is 0.388 e. The van der Waals surface area contributed by atoms with Crippen molar-refractivity contribution in [3.8, 4) is 17.2 Å². The summed E-state index contributed by atoms with van der Waals surface area (Å²) >= 11 is 0.0762. The zero-order valence-corrected chi connectivity index (χ0v) is 14.2. The molecule has 2 rings (SSSR count). The molecule has 0 fully saturated rings. The predicted octanol–water partition coefficient (Wildman–Crippen LogP) is 2.97. The Labute approximate surface area is 141 Å². The van der Waals surface area contributed by atoms with Crippen LogP contribution in [0.3, 0.4) is 0 Å². The Balaban J connectivity index is 2.50. The quantitative estimate of drug-likeness (QED) is 0.400. The van der Waals surface area contributed by atoms with Gasteiger partial charge in [0.25, 0.3) is 0 Å². The predicted molar refractivity (Wildman–Crippen MR) is 88.5 cm³/mol. The molecule has 24 heavy (non-hydrogen) atoms. The number of hydrogen-bond acceptors (Lipinski definition) is 6. The number of phenolic OH excluding ortho intramolecular Hbond substituents is 3. The van der Waals surface area contributed by atoms with Gasteiger partial charge in [-0.1, -0.05) is 19.1 Å². The van der Waals surface area contributed by atoms with Crippen molar-refractivity contribution in [2.45, 2.75) is 17.7 Å². The number of carbonyl (C=O) groups is 1. The molecule has 0 saturated carbocycles. The molecule has 2 aromatic rings. The monoisotopic (exact) mass is 370 g/mol. The SMILES string of the molecule is CC(C(=O)c1c(O)cc(O)cc1SP(=O)(O)O)c1cccc(O)c1. The molecule has 5 N–H and O–H groups in total. The fourth-order valence-electron chi connectivity index (χ4n) is 2.20. The molecular formula is C15H15O7PS. The fourth-order valence-corrected chi connectivity index (χ4v) is 4.12. The molecule has 0 amide bonds. The van der Waals surface area contributed by atoms with Gasteiger partial charge in [-0.2, -0.15) is 0 Å². The van der Waals surface area contributed by atoms with Gasteiger partial charge in [0.2, 0.25) is 0 Å². The lowest BCUT2D eigenvalue weighted by Gasteiger charge is -2.16. The first-order valence-corrected chi connectivity index (χ1v) is 9.76. The fraction of sp³-hybridized carbons (Fsp3) is 0.133. The molecule has 1 atom stereocenters. The van der Waals surface area contributed by atoms with Crippen molar-refractivity contribution < 1.29 is 34.5 Å². The van der Waals surface area contributed by atoms with E-state index in [2.05, 4.69) is 0 Å². The molecule has 0 heterocycles. The second-order valence-corrected chi connectivity index (χ2v) is 8.68. The lowest BCUT2D eigenvalue weighted by molar-refractivity contribution is 0.0960. The Morgan fingerprint density at radius 1 is 1.08 bits per heavy atom. The van der Waals surface area contributed by atoms with Crippen molar-refractivity contribution in [1.29, 1.82) is 0 Å². The van der Waals surface area contributed by atoms with Gasteiger partial charge in [0.05, 0.1) is 5.56 Å². The van der Waals surface area contributed by atoms with Crippen molar-refractivity contribution in [2.24, 2.45) is 0 Å². The second-order valence-electron chi connectivity index (χ2n) is 5.10. The second kappa shape index (κ2) is 6.86. The lowest BCUT2D eigenvalue weighted by atomic mass is 9.91. The van der Waals surface area contributed by atoms with Gasteiger partial charge in [-0.05, 0) is 35.1 Å². The topological polar surface area (TPSA) is 135 Å². The largest absolute Gasteiger partial charge is 0.508 e. The van der Waals surface area contributed by atoms with E-state index in [0.717, 1.165) is 12.1 Å². The van der Waals surface area contributed by atoms with Gasteiger partial charge in [0, 0.05) is 16.9 Å². The minimum atomic E-state index is -4.60. The minimum Gasteiger partial charge on any atom is -0.508 e. The first kappa shape index (κ1) is 18.4. The van der Waals surface area contributed by atoms with Gasteiger partial charge in [0.1, 0.15) is 17.2 Å². The Kier molecular flexibility index (Phi) is 5.25. The molecule has 0 radical (unpaired) electrons. The minimum absolute atomic E-state index is 0.0353. The van der Waals surface area contributed by atoms with Crippen molar-refractivity contribution in [1.82, 2.24) is 0 Å². The number of benzene rings is 2. The van der Waals surface area contributed by atoms with E-state index in [4.69, 9.17) is 9.79 Å². The van der Waals surface area contributed by atoms with Crippen LogP contribution >= 0.6 is 18.2 Å². The Morgan fingerprint density at radius 2 is 1.75 bits per heavy atom. The van der Waals surface area contributed by atoms with Crippen molar-refractivity contribution >= 4 is 24.0 Å².